The lowest BCUT2D eigenvalue weighted by molar-refractivity contribution is -0.119. The van der Waals surface area contributed by atoms with E-state index in [1.807, 2.05) is 54.6 Å². The number of nitrogens with zero attached hydrogens (tertiary/aromatic N) is 4. The van der Waals surface area contributed by atoms with Crippen molar-refractivity contribution in [3.63, 3.8) is 0 Å². The number of carbonyl (C=O) groups is 2. The van der Waals surface area contributed by atoms with Gasteiger partial charge in [0.1, 0.15) is 0 Å². The van der Waals surface area contributed by atoms with Gasteiger partial charge in [-0.25, -0.2) is 9.79 Å². The molecule has 1 aromatic heterocycles. The number of esters is 1. The highest BCUT2D eigenvalue weighted by Crippen LogP contribution is 2.32. The van der Waals surface area contributed by atoms with Crippen molar-refractivity contribution in [3.05, 3.63) is 89.5 Å². The molecule has 0 spiro atoms. The first kappa shape index (κ1) is 35.9. The van der Waals surface area contributed by atoms with Crippen LogP contribution in [0.15, 0.2) is 77.8 Å². The number of rotatable bonds is 7. The molecule has 5 rings (SSSR count). The molecule has 46 heavy (non-hydrogen) atoms. The summed E-state index contributed by atoms with van der Waals surface area (Å²) in [5, 5.41) is 11.7. The van der Waals surface area contributed by atoms with Crippen molar-refractivity contribution in [3.8, 4) is 5.88 Å². The Labute approximate surface area is 267 Å². The van der Waals surface area contributed by atoms with Gasteiger partial charge >= 0.3 is 5.97 Å². The largest absolute Gasteiger partial charge is 0.494 e. The van der Waals surface area contributed by atoms with E-state index in [9.17, 15) is 23.1 Å². The molecule has 1 aliphatic rings. The van der Waals surface area contributed by atoms with E-state index < -0.39 is 16.1 Å². The first-order valence-electron chi connectivity index (χ1n) is 14.1. The highest BCUT2D eigenvalue weighted by molar-refractivity contribution is 7.85. The maximum absolute atomic E-state index is 12.9. The summed E-state index contributed by atoms with van der Waals surface area (Å²) < 4.78 is 30.7. The van der Waals surface area contributed by atoms with Crippen LogP contribution >= 0.6 is 0 Å². The van der Waals surface area contributed by atoms with Gasteiger partial charge in [-0.2, -0.15) is 8.42 Å². The number of ether oxygens (including phenoxy) is 1. The highest BCUT2D eigenvalue weighted by atomic mass is 32.2. The molecule has 246 valence electrons. The summed E-state index contributed by atoms with van der Waals surface area (Å²) in [5.41, 5.74) is 4.34. The van der Waals surface area contributed by atoms with Crippen LogP contribution < -0.4 is 4.90 Å². The molecule has 1 fully saturated rings. The third-order valence-electron chi connectivity index (χ3n) is 7.29. The van der Waals surface area contributed by atoms with Crippen LogP contribution in [0.3, 0.4) is 0 Å². The fourth-order valence-electron chi connectivity index (χ4n) is 4.86. The minimum atomic E-state index is -3.67. The van der Waals surface area contributed by atoms with Gasteiger partial charge in [-0.3, -0.25) is 14.2 Å². The summed E-state index contributed by atoms with van der Waals surface area (Å²) in [6.07, 6.45) is 0.715. The topological polar surface area (TPSA) is 187 Å². The number of hydrogen-bond donors (Lipinski definition) is 3. The van der Waals surface area contributed by atoms with E-state index in [-0.39, 0.29) is 17.3 Å². The van der Waals surface area contributed by atoms with Gasteiger partial charge in [-0.1, -0.05) is 36.4 Å². The number of aromatic nitrogens is 1. The van der Waals surface area contributed by atoms with Crippen molar-refractivity contribution in [2.75, 3.05) is 65.1 Å². The molecular formula is C32H39N5O8S. The van der Waals surface area contributed by atoms with Crippen LogP contribution in [0.1, 0.15) is 21.5 Å². The van der Waals surface area contributed by atoms with E-state index in [2.05, 4.69) is 21.8 Å². The Morgan fingerprint density at radius 2 is 1.59 bits per heavy atom. The molecule has 4 aromatic rings. The average Bonchev–Trinajstić information content (AvgIpc) is 3.34. The van der Waals surface area contributed by atoms with Gasteiger partial charge < -0.3 is 30.1 Å². The lowest BCUT2D eigenvalue weighted by Crippen LogP contribution is -2.48. The second-order valence-corrected chi connectivity index (χ2v) is 12.2. The number of aromatic amines is 1. The Bertz CT molecular complexity index is 1770. The summed E-state index contributed by atoms with van der Waals surface area (Å²) in [7, 11) is 1.55. The molecule has 13 nitrogen and oxygen atoms in total. The van der Waals surface area contributed by atoms with Gasteiger partial charge in [0.05, 0.1) is 42.4 Å². The summed E-state index contributed by atoms with van der Waals surface area (Å²) in [6.45, 7) is 4.09. The smallest absolute Gasteiger partial charge is 0.337 e. The van der Waals surface area contributed by atoms with E-state index in [4.69, 9.17) is 14.3 Å². The van der Waals surface area contributed by atoms with Crippen molar-refractivity contribution in [2.24, 2.45) is 4.99 Å². The van der Waals surface area contributed by atoms with Crippen molar-refractivity contribution >= 4 is 50.0 Å². The second kappa shape index (κ2) is 15.6. The summed E-state index contributed by atoms with van der Waals surface area (Å²) >= 11 is 0. The van der Waals surface area contributed by atoms with Crippen LogP contribution in [-0.2, 0) is 19.6 Å². The number of aliphatic imine (C=N–C) groups is 1. The molecular weight excluding hydrogens is 614 g/mol. The summed E-state index contributed by atoms with van der Waals surface area (Å²) in [6, 6.07) is 22.2. The van der Waals surface area contributed by atoms with E-state index in [1.54, 1.807) is 30.1 Å². The Hall–Kier alpha value is -4.60. The zero-order valence-electron chi connectivity index (χ0n) is 26.1. The quantitative estimate of drug-likeness (QED) is 0.153. The Kier molecular flexibility index (Phi) is 12.2. The van der Waals surface area contributed by atoms with Crippen LogP contribution in [0.2, 0.25) is 0 Å². The van der Waals surface area contributed by atoms with Gasteiger partial charge in [0.2, 0.25) is 5.91 Å². The molecule has 3 aromatic carbocycles. The fraction of sp³-hybridized carbons (Fsp3) is 0.281. The normalized spacial score (nSPS) is 14.2. The molecule has 1 aliphatic heterocycles. The highest BCUT2D eigenvalue weighted by Gasteiger charge is 2.21. The number of fused-ring (bicyclic) bond motifs is 1. The zero-order valence-corrected chi connectivity index (χ0v) is 26.9. The number of hydrogen-bond acceptors (Lipinski definition) is 9. The number of aromatic hydroxyl groups is 1. The van der Waals surface area contributed by atoms with Crippen molar-refractivity contribution in [1.29, 1.82) is 0 Å². The lowest BCUT2D eigenvalue weighted by atomic mass is 10.00. The van der Waals surface area contributed by atoms with Crippen molar-refractivity contribution < 1.29 is 37.9 Å². The second-order valence-electron chi connectivity index (χ2n) is 10.7. The van der Waals surface area contributed by atoms with Crippen LogP contribution in [0.25, 0.3) is 10.9 Å². The van der Waals surface area contributed by atoms with Crippen LogP contribution in [0, 0.1) is 0 Å². The molecule has 0 bridgehead atoms. The maximum atomic E-state index is 12.9. The van der Waals surface area contributed by atoms with Crippen LogP contribution in [-0.4, -0.2) is 116 Å². The molecule has 0 unspecified atom stereocenters. The summed E-state index contributed by atoms with van der Waals surface area (Å²) in [5.74, 6) is -0.465. The van der Waals surface area contributed by atoms with E-state index in [0.29, 0.717) is 40.8 Å². The first-order chi connectivity index (χ1) is 21.3. The number of anilines is 1. The Morgan fingerprint density at radius 1 is 0.978 bits per heavy atom. The fourth-order valence-corrected chi connectivity index (χ4v) is 4.86. The third kappa shape index (κ3) is 9.45. The van der Waals surface area contributed by atoms with Gasteiger partial charge in [0.25, 0.3) is 10.1 Å². The van der Waals surface area contributed by atoms with Crippen LogP contribution in [0.4, 0.5) is 11.4 Å². The van der Waals surface area contributed by atoms with Crippen molar-refractivity contribution in [1.82, 2.24) is 14.8 Å². The SMILES string of the molecule is COC(=O)c1ccc2c(C(=Nc3ccc(N(C)C(=O)CN4CCN(C)CC4)cc3)c3ccccc3)c(O)[nH]c2c1.CS(=O)(=O)O.O. The minimum Gasteiger partial charge on any atom is -0.494 e. The molecule has 14 heteroatoms. The number of benzene rings is 3. The first-order valence-corrected chi connectivity index (χ1v) is 16.0. The third-order valence-corrected chi connectivity index (χ3v) is 7.29. The molecule has 5 N–H and O–H groups in total. The molecule has 0 atom stereocenters. The van der Waals surface area contributed by atoms with E-state index in [0.717, 1.165) is 42.8 Å². The number of likely N-dealkylation sites (N-methyl/N-ethyl adjacent to an activating group) is 2. The number of methoxy groups -OCH3 is 1. The predicted molar refractivity (Wildman–Crippen MR) is 178 cm³/mol. The number of amides is 1. The van der Waals surface area contributed by atoms with E-state index >= 15 is 0 Å². The molecule has 0 aliphatic carbocycles. The molecule has 0 saturated carbocycles. The number of piperazine rings is 1. The number of nitrogens with one attached hydrogen (secondary N) is 1. The molecule has 1 saturated heterocycles. The molecule has 1 amide bonds. The maximum Gasteiger partial charge on any atom is 0.337 e. The lowest BCUT2D eigenvalue weighted by Gasteiger charge is -2.32. The summed E-state index contributed by atoms with van der Waals surface area (Å²) in [4.78, 5) is 39.0. The number of H-pyrrole nitrogens is 1. The average molecular weight is 654 g/mol. The van der Waals surface area contributed by atoms with Crippen LogP contribution in [0.5, 0.6) is 5.88 Å². The van der Waals surface area contributed by atoms with Gasteiger partial charge in [-0.05, 0) is 43.4 Å². The van der Waals surface area contributed by atoms with Gasteiger partial charge in [0.15, 0.2) is 5.88 Å². The standard InChI is InChI=1S/C31H33N5O4.CH4O3S.H2O/c1-34-15-17-36(18-16-34)20-27(37)35(2)24-12-10-23(11-13-24)32-29(21-7-5-4-6-8-21)28-25-14-9-22(31(39)40-3)19-26(25)33-30(28)38;1-5(2,3)4;/h4-14,19,33,38H,15-18,20H2,1-3H3;1H3,(H,2,3,4);1H2. The van der Waals surface area contributed by atoms with Gasteiger partial charge in [0, 0.05) is 55.4 Å². The minimum absolute atomic E-state index is 0. The molecule has 2 heterocycles. The predicted octanol–water partition coefficient (Wildman–Crippen LogP) is 2.72. The zero-order chi connectivity index (χ0) is 32.7. The van der Waals surface area contributed by atoms with Gasteiger partial charge in [-0.15, -0.1) is 0 Å². The van der Waals surface area contributed by atoms with Crippen molar-refractivity contribution in [2.45, 2.75) is 0 Å². The Balaban J connectivity index is 0.000000892. The Morgan fingerprint density at radius 3 is 2.17 bits per heavy atom. The van der Waals surface area contributed by atoms with E-state index in [1.165, 1.54) is 7.11 Å². The molecule has 0 radical (unpaired) electrons. The number of carbonyl (C=O) groups excluding carboxylic acids is 2. The monoisotopic (exact) mass is 653 g/mol.